The van der Waals surface area contributed by atoms with Crippen LogP contribution in [-0.4, -0.2) is 25.0 Å². The molecule has 8 heteroatoms. The van der Waals surface area contributed by atoms with Crippen molar-refractivity contribution in [3.8, 4) is 6.07 Å². The van der Waals surface area contributed by atoms with Crippen LogP contribution < -0.4 is 4.90 Å². The van der Waals surface area contributed by atoms with E-state index >= 15 is 0 Å². The van der Waals surface area contributed by atoms with E-state index in [2.05, 4.69) is 0 Å². The van der Waals surface area contributed by atoms with Crippen LogP contribution in [0.4, 0.5) is 5.69 Å². The molecule has 1 amide bonds. The molecule has 0 spiro atoms. The third-order valence-corrected chi connectivity index (χ3v) is 4.94. The molecule has 2 aromatic rings. The van der Waals surface area contributed by atoms with Crippen molar-refractivity contribution in [2.75, 3.05) is 18.1 Å². The van der Waals surface area contributed by atoms with E-state index in [9.17, 15) is 9.59 Å². The fourth-order valence-electron chi connectivity index (χ4n) is 2.30. The fourth-order valence-corrected chi connectivity index (χ4v) is 2.80. The number of esters is 1. The lowest BCUT2D eigenvalue weighted by Crippen LogP contribution is -2.35. The quantitative estimate of drug-likeness (QED) is 0.607. The lowest BCUT2D eigenvalue weighted by molar-refractivity contribution is -0.121. The number of nitriles is 1. The summed E-state index contributed by atoms with van der Waals surface area (Å²) in [4.78, 5) is 26.1. The fraction of sp³-hybridized carbons (Fsp3) is 0.211. The van der Waals surface area contributed by atoms with Gasteiger partial charge in [-0.1, -0.05) is 40.9 Å². The SMILES string of the molecule is Cc1cc(N(CCC#N)C(=O)COC(=O)c2cccc(Cl)c2Cl)ccc1Cl. The second kappa shape index (κ2) is 9.61. The molecule has 0 aliphatic rings. The number of amides is 1. The Kier molecular flexibility index (Phi) is 7.49. The number of nitrogens with zero attached hydrogens (tertiary/aromatic N) is 2. The number of hydrogen-bond donors (Lipinski definition) is 0. The molecule has 0 atom stereocenters. The lowest BCUT2D eigenvalue weighted by atomic mass is 10.2. The first-order valence-corrected chi connectivity index (χ1v) is 9.03. The summed E-state index contributed by atoms with van der Waals surface area (Å²) in [7, 11) is 0. The number of rotatable bonds is 6. The van der Waals surface area contributed by atoms with Crippen LogP contribution in [0.2, 0.25) is 15.1 Å². The molecule has 140 valence electrons. The first-order chi connectivity index (χ1) is 12.8. The van der Waals surface area contributed by atoms with Gasteiger partial charge in [0.25, 0.3) is 5.91 Å². The van der Waals surface area contributed by atoms with Crippen LogP contribution in [-0.2, 0) is 9.53 Å². The van der Waals surface area contributed by atoms with Gasteiger partial charge in [0, 0.05) is 17.3 Å². The highest BCUT2D eigenvalue weighted by molar-refractivity contribution is 6.43. The number of halogens is 3. The number of hydrogen-bond acceptors (Lipinski definition) is 4. The molecule has 0 N–H and O–H groups in total. The maximum atomic E-state index is 12.6. The maximum Gasteiger partial charge on any atom is 0.340 e. The van der Waals surface area contributed by atoms with Crippen LogP contribution in [0.3, 0.4) is 0 Å². The molecule has 0 aromatic heterocycles. The lowest BCUT2D eigenvalue weighted by Gasteiger charge is -2.22. The first-order valence-electron chi connectivity index (χ1n) is 7.89. The van der Waals surface area contributed by atoms with Crippen molar-refractivity contribution in [2.45, 2.75) is 13.3 Å². The zero-order valence-electron chi connectivity index (χ0n) is 14.3. The molecule has 0 unspecified atom stereocenters. The van der Waals surface area contributed by atoms with Crippen LogP contribution >= 0.6 is 34.8 Å². The van der Waals surface area contributed by atoms with E-state index in [0.717, 1.165) is 5.56 Å². The largest absolute Gasteiger partial charge is 0.452 e. The Morgan fingerprint density at radius 1 is 1.15 bits per heavy atom. The Morgan fingerprint density at radius 2 is 1.89 bits per heavy atom. The molecule has 2 aromatic carbocycles. The molecule has 0 heterocycles. The van der Waals surface area contributed by atoms with Gasteiger partial charge in [-0.25, -0.2) is 4.79 Å². The smallest absolute Gasteiger partial charge is 0.340 e. The summed E-state index contributed by atoms with van der Waals surface area (Å²) in [6.07, 6.45) is 0.126. The summed E-state index contributed by atoms with van der Waals surface area (Å²) in [5, 5.41) is 9.68. The van der Waals surface area contributed by atoms with E-state index in [1.165, 1.54) is 17.0 Å². The minimum absolute atomic E-state index is 0.0614. The summed E-state index contributed by atoms with van der Waals surface area (Å²) in [5.41, 5.74) is 1.42. The molecule has 0 aliphatic heterocycles. The standard InChI is InChI=1S/C19H15Cl3N2O3/c1-12-10-13(6-7-15(12)20)24(9-3-8-23)17(25)11-27-19(26)14-4-2-5-16(21)18(14)22/h2,4-7,10H,3,9,11H2,1H3. The van der Waals surface area contributed by atoms with Gasteiger partial charge in [0.1, 0.15) is 0 Å². The second-order valence-electron chi connectivity index (χ2n) is 5.56. The van der Waals surface area contributed by atoms with Gasteiger partial charge < -0.3 is 9.64 Å². The molecule has 0 bridgehead atoms. The van der Waals surface area contributed by atoms with Crippen LogP contribution in [0.25, 0.3) is 0 Å². The van der Waals surface area contributed by atoms with Gasteiger partial charge in [-0.05, 0) is 42.8 Å². The summed E-state index contributed by atoms with van der Waals surface area (Å²) in [5.74, 6) is -1.23. The monoisotopic (exact) mass is 424 g/mol. The highest BCUT2D eigenvalue weighted by Crippen LogP contribution is 2.26. The first kappa shape index (κ1) is 21.0. The average molecular weight is 426 g/mol. The van der Waals surface area contributed by atoms with Crippen molar-refractivity contribution < 1.29 is 14.3 Å². The van der Waals surface area contributed by atoms with E-state index in [0.29, 0.717) is 10.7 Å². The zero-order chi connectivity index (χ0) is 20.0. The second-order valence-corrected chi connectivity index (χ2v) is 6.76. The van der Waals surface area contributed by atoms with Crippen molar-refractivity contribution in [1.29, 1.82) is 5.26 Å². The van der Waals surface area contributed by atoms with Gasteiger partial charge in [-0.3, -0.25) is 4.79 Å². The van der Waals surface area contributed by atoms with Gasteiger partial charge in [0.2, 0.25) is 0 Å². The van der Waals surface area contributed by atoms with Gasteiger partial charge in [-0.2, -0.15) is 5.26 Å². The molecular formula is C19H15Cl3N2O3. The van der Waals surface area contributed by atoms with E-state index in [1.807, 2.05) is 6.07 Å². The highest BCUT2D eigenvalue weighted by Gasteiger charge is 2.20. The summed E-state index contributed by atoms with van der Waals surface area (Å²) >= 11 is 17.9. The number of aryl methyl sites for hydroxylation is 1. The van der Waals surface area contributed by atoms with Crippen molar-refractivity contribution in [3.05, 3.63) is 62.6 Å². The number of benzene rings is 2. The molecule has 2 rings (SSSR count). The van der Waals surface area contributed by atoms with Crippen molar-refractivity contribution in [3.63, 3.8) is 0 Å². The predicted molar refractivity (Wildman–Crippen MR) is 106 cm³/mol. The molecule has 5 nitrogen and oxygen atoms in total. The third-order valence-electron chi connectivity index (χ3n) is 3.70. The summed E-state index contributed by atoms with van der Waals surface area (Å²) in [6, 6.07) is 11.6. The molecule has 0 saturated carbocycles. The molecule has 0 radical (unpaired) electrons. The number of carbonyl (C=O) groups is 2. The Morgan fingerprint density at radius 3 is 2.56 bits per heavy atom. The Hall–Kier alpha value is -2.26. The van der Waals surface area contributed by atoms with Crippen LogP contribution in [0, 0.1) is 18.3 Å². The van der Waals surface area contributed by atoms with Gasteiger partial charge in [-0.15, -0.1) is 0 Å². The van der Waals surface area contributed by atoms with Crippen LogP contribution in [0.1, 0.15) is 22.3 Å². The average Bonchev–Trinajstić information content (AvgIpc) is 2.65. The van der Waals surface area contributed by atoms with E-state index < -0.39 is 18.5 Å². The zero-order valence-corrected chi connectivity index (χ0v) is 16.6. The van der Waals surface area contributed by atoms with Gasteiger partial charge in [0.05, 0.1) is 28.1 Å². The summed E-state index contributed by atoms with van der Waals surface area (Å²) < 4.78 is 5.08. The summed E-state index contributed by atoms with van der Waals surface area (Å²) in [6.45, 7) is 1.46. The molecule has 27 heavy (non-hydrogen) atoms. The minimum Gasteiger partial charge on any atom is -0.452 e. The van der Waals surface area contributed by atoms with E-state index in [1.54, 1.807) is 31.2 Å². The molecule has 0 saturated heterocycles. The molecule has 0 fully saturated rings. The predicted octanol–water partition coefficient (Wildman–Crippen LogP) is 5.06. The van der Waals surface area contributed by atoms with Crippen molar-refractivity contribution >= 4 is 52.4 Å². The minimum atomic E-state index is -0.761. The topological polar surface area (TPSA) is 70.4 Å². The molecule has 0 aliphatic carbocycles. The number of carbonyl (C=O) groups excluding carboxylic acids is 2. The van der Waals surface area contributed by atoms with Crippen molar-refractivity contribution in [2.24, 2.45) is 0 Å². The highest BCUT2D eigenvalue weighted by atomic mass is 35.5. The van der Waals surface area contributed by atoms with Crippen molar-refractivity contribution in [1.82, 2.24) is 0 Å². The Labute approximate surface area is 172 Å². The number of ether oxygens (including phenoxy) is 1. The molecular weight excluding hydrogens is 411 g/mol. The Balaban J connectivity index is 2.13. The normalized spacial score (nSPS) is 10.2. The Bertz CT molecular complexity index is 910. The number of anilines is 1. The van der Waals surface area contributed by atoms with Gasteiger partial charge >= 0.3 is 5.97 Å². The van der Waals surface area contributed by atoms with E-state index in [4.69, 9.17) is 44.8 Å². The maximum absolute atomic E-state index is 12.6. The van der Waals surface area contributed by atoms with Crippen LogP contribution in [0.15, 0.2) is 36.4 Å². The van der Waals surface area contributed by atoms with Crippen LogP contribution in [0.5, 0.6) is 0 Å². The third kappa shape index (κ3) is 5.36. The van der Waals surface area contributed by atoms with Gasteiger partial charge in [0.15, 0.2) is 6.61 Å². The van der Waals surface area contributed by atoms with E-state index in [-0.39, 0.29) is 28.6 Å².